The van der Waals surface area contributed by atoms with Gasteiger partial charge in [0.15, 0.2) is 0 Å². The normalized spacial score (nSPS) is 11.5. The summed E-state index contributed by atoms with van der Waals surface area (Å²) in [5.74, 6) is -0.227. The van der Waals surface area contributed by atoms with Crippen LogP contribution in [0.2, 0.25) is 0 Å². The fourth-order valence-electron chi connectivity index (χ4n) is 1.27. The molecule has 0 aliphatic rings. The minimum absolute atomic E-state index is 0.208. The fourth-order valence-corrected chi connectivity index (χ4v) is 1.88. The van der Waals surface area contributed by atoms with E-state index in [1.807, 2.05) is 0 Å². The highest BCUT2D eigenvalue weighted by molar-refractivity contribution is 7.13. The summed E-state index contributed by atoms with van der Waals surface area (Å²) in [5, 5.41) is 0.208. The average molecular weight is 259 g/mol. The molecule has 6 heteroatoms. The van der Waals surface area contributed by atoms with Gasteiger partial charge in [0, 0.05) is 11.1 Å². The van der Waals surface area contributed by atoms with E-state index in [4.69, 9.17) is 4.74 Å². The predicted octanol–water partition coefficient (Wildman–Crippen LogP) is 4.26. The number of alkyl halides is 3. The number of rotatable bonds is 2. The van der Waals surface area contributed by atoms with Crippen LogP contribution in [0.1, 0.15) is 10.4 Å². The number of benzene rings is 1. The van der Waals surface area contributed by atoms with Gasteiger partial charge in [0.25, 0.3) is 5.19 Å². The summed E-state index contributed by atoms with van der Waals surface area (Å²) < 4.78 is 43.1. The molecular weight excluding hydrogens is 251 g/mol. The summed E-state index contributed by atoms with van der Waals surface area (Å²) in [6, 6.07) is 5.07. The molecule has 0 saturated heterocycles. The smallest absolute Gasteiger partial charge is 0.419 e. The number of hydrogen-bond donors (Lipinski definition) is 0. The van der Waals surface area contributed by atoms with Crippen molar-refractivity contribution in [2.24, 2.45) is 0 Å². The van der Waals surface area contributed by atoms with Crippen LogP contribution in [-0.4, -0.2) is 4.98 Å². The van der Waals surface area contributed by atoms with Crippen molar-refractivity contribution in [3.05, 3.63) is 40.9 Å². The molecule has 2 aromatic rings. The Hall–Kier alpha value is -1.56. The molecule has 2 rings (SSSR count). The van der Waals surface area contributed by atoms with Crippen molar-refractivity contribution in [1.82, 2.24) is 4.98 Å². The maximum atomic E-state index is 12.7. The third-order valence-corrected chi connectivity index (χ3v) is 2.78. The third-order valence-electron chi connectivity index (χ3n) is 1.99. The minimum Gasteiger partial charge on any atom is -0.430 e. The molecule has 0 radical (unpaired) electrons. The summed E-state index contributed by atoms with van der Waals surface area (Å²) in [7, 11) is 0. The highest BCUT2D eigenvalue weighted by Crippen LogP contribution is 2.38. The number of hydrogen-bond acceptors (Lipinski definition) is 3. The van der Waals surface area contributed by atoms with Gasteiger partial charge in [-0.05, 0) is 19.1 Å². The van der Waals surface area contributed by atoms with Crippen molar-refractivity contribution in [3.8, 4) is 10.9 Å². The van der Waals surface area contributed by atoms with Crippen molar-refractivity contribution in [2.75, 3.05) is 0 Å². The van der Waals surface area contributed by atoms with Gasteiger partial charge in [-0.2, -0.15) is 13.2 Å². The van der Waals surface area contributed by atoms with E-state index in [-0.39, 0.29) is 10.9 Å². The third kappa shape index (κ3) is 2.76. The van der Waals surface area contributed by atoms with E-state index in [1.165, 1.54) is 29.5 Å². The first kappa shape index (κ1) is 11.9. The summed E-state index contributed by atoms with van der Waals surface area (Å²) in [6.07, 6.45) is -2.88. The van der Waals surface area contributed by atoms with E-state index < -0.39 is 11.7 Å². The molecule has 2 nitrogen and oxygen atoms in total. The second kappa shape index (κ2) is 4.37. The molecule has 0 fully saturated rings. The molecule has 0 bridgehead atoms. The number of thiazole rings is 1. The summed E-state index contributed by atoms with van der Waals surface area (Å²) in [6.45, 7) is 1.81. The topological polar surface area (TPSA) is 22.1 Å². The Morgan fingerprint density at radius 3 is 2.53 bits per heavy atom. The van der Waals surface area contributed by atoms with Crippen molar-refractivity contribution in [2.45, 2.75) is 13.1 Å². The van der Waals surface area contributed by atoms with Gasteiger partial charge < -0.3 is 4.74 Å². The molecule has 0 N–H and O–H groups in total. The van der Waals surface area contributed by atoms with E-state index in [0.29, 0.717) is 0 Å². The van der Waals surface area contributed by atoms with Crippen LogP contribution in [0.25, 0.3) is 0 Å². The maximum absolute atomic E-state index is 12.7. The molecule has 0 aliphatic carbocycles. The van der Waals surface area contributed by atoms with Crippen LogP contribution in [0.5, 0.6) is 10.9 Å². The van der Waals surface area contributed by atoms with E-state index in [9.17, 15) is 13.2 Å². The SMILES string of the molecule is Cc1cnc(Oc2ccccc2C(F)(F)F)s1. The van der Waals surface area contributed by atoms with Crippen LogP contribution in [0.3, 0.4) is 0 Å². The molecule has 0 atom stereocenters. The zero-order valence-corrected chi connectivity index (χ0v) is 9.60. The molecule has 1 aromatic heterocycles. The Bertz CT molecular complexity index is 521. The van der Waals surface area contributed by atoms with Gasteiger partial charge in [0.1, 0.15) is 5.75 Å². The minimum atomic E-state index is -4.43. The van der Waals surface area contributed by atoms with Crippen LogP contribution >= 0.6 is 11.3 Å². The Kier molecular flexibility index (Phi) is 3.06. The number of halogens is 3. The predicted molar refractivity (Wildman–Crippen MR) is 58.4 cm³/mol. The van der Waals surface area contributed by atoms with Crippen molar-refractivity contribution in [3.63, 3.8) is 0 Å². The number of aromatic nitrogens is 1. The zero-order chi connectivity index (χ0) is 12.5. The van der Waals surface area contributed by atoms with Gasteiger partial charge in [0.2, 0.25) is 0 Å². The average Bonchev–Trinajstić information content (AvgIpc) is 2.63. The molecule has 1 aromatic carbocycles. The Balaban J connectivity index is 2.33. The number of nitrogens with zero attached hydrogens (tertiary/aromatic N) is 1. The number of aryl methyl sites for hydroxylation is 1. The highest BCUT2D eigenvalue weighted by atomic mass is 32.1. The van der Waals surface area contributed by atoms with Crippen LogP contribution in [0.4, 0.5) is 13.2 Å². The lowest BCUT2D eigenvalue weighted by molar-refractivity contribution is -0.138. The Labute approximate surface area is 99.7 Å². The van der Waals surface area contributed by atoms with Crippen molar-refractivity contribution >= 4 is 11.3 Å². The van der Waals surface area contributed by atoms with Crippen LogP contribution in [0.15, 0.2) is 30.5 Å². The van der Waals surface area contributed by atoms with Gasteiger partial charge in [-0.1, -0.05) is 23.5 Å². The lowest BCUT2D eigenvalue weighted by Crippen LogP contribution is -2.06. The Morgan fingerprint density at radius 1 is 1.24 bits per heavy atom. The summed E-state index contributed by atoms with van der Waals surface area (Å²) in [5.41, 5.74) is -0.798. The van der Waals surface area contributed by atoms with E-state index in [1.54, 1.807) is 13.1 Å². The molecule has 17 heavy (non-hydrogen) atoms. The van der Waals surface area contributed by atoms with Crippen molar-refractivity contribution in [1.29, 1.82) is 0 Å². The van der Waals surface area contributed by atoms with Crippen LogP contribution in [-0.2, 0) is 6.18 Å². The zero-order valence-electron chi connectivity index (χ0n) is 8.78. The molecule has 90 valence electrons. The van der Waals surface area contributed by atoms with Gasteiger partial charge in [-0.25, -0.2) is 4.98 Å². The molecule has 1 heterocycles. The van der Waals surface area contributed by atoms with Crippen molar-refractivity contribution < 1.29 is 17.9 Å². The first-order valence-electron chi connectivity index (χ1n) is 4.73. The highest BCUT2D eigenvalue weighted by Gasteiger charge is 2.34. The summed E-state index contributed by atoms with van der Waals surface area (Å²) in [4.78, 5) is 4.74. The second-order valence-corrected chi connectivity index (χ2v) is 4.53. The monoisotopic (exact) mass is 259 g/mol. The van der Waals surface area contributed by atoms with Gasteiger partial charge >= 0.3 is 6.18 Å². The molecular formula is C11H8F3NOS. The van der Waals surface area contributed by atoms with E-state index >= 15 is 0 Å². The summed E-state index contributed by atoms with van der Waals surface area (Å²) >= 11 is 1.20. The molecule has 0 amide bonds. The second-order valence-electron chi connectivity index (χ2n) is 3.33. The lowest BCUT2D eigenvalue weighted by atomic mass is 10.2. The standard InChI is InChI=1S/C11H8F3NOS/c1-7-6-15-10(17-7)16-9-5-3-2-4-8(9)11(12,13)14/h2-6H,1H3. The Morgan fingerprint density at radius 2 is 1.94 bits per heavy atom. The van der Waals surface area contributed by atoms with E-state index in [2.05, 4.69) is 4.98 Å². The first-order chi connectivity index (χ1) is 7.97. The van der Waals surface area contributed by atoms with Crippen LogP contribution < -0.4 is 4.74 Å². The lowest BCUT2D eigenvalue weighted by Gasteiger charge is -2.11. The molecule has 0 saturated carbocycles. The number of para-hydroxylation sites is 1. The quantitative estimate of drug-likeness (QED) is 0.803. The van der Waals surface area contributed by atoms with Crippen LogP contribution in [0, 0.1) is 6.92 Å². The first-order valence-corrected chi connectivity index (χ1v) is 5.55. The molecule has 0 unspecified atom stereocenters. The molecule has 0 aliphatic heterocycles. The maximum Gasteiger partial charge on any atom is 0.419 e. The van der Waals surface area contributed by atoms with Gasteiger partial charge in [-0.3, -0.25) is 0 Å². The van der Waals surface area contributed by atoms with E-state index in [0.717, 1.165) is 10.9 Å². The van der Waals surface area contributed by atoms with Gasteiger partial charge in [-0.15, -0.1) is 0 Å². The van der Waals surface area contributed by atoms with Gasteiger partial charge in [0.05, 0.1) is 5.56 Å². The largest absolute Gasteiger partial charge is 0.430 e. The molecule has 0 spiro atoms. The fraction of sp³-hybridized carbons (Fsp3) is 0.182. The number of ether oxygens (including phenoxy) is 1.